The van der Waals surface area contributed by atoms with Crippen LogP contribution in [0.1, 0.15) is 17.5 Å². The summed E-state index contributed by atoms with van der Waals surface area (Å²) < 4.78 is 10.7. The molecule has 4 rings (SSSR count). The Balaban J connectivity index is 1.34. The van der Waals surface area contributed by atoms with Gasteiger partial charge in [-0.25, -0.2) is 9.97 Å². The smallest absolute Gasteiger partial charge is 0.224 e. The van der Waals surface area contributed by atoms with Gasteiger partial charge in [0.25, 0.3) is 0 Å². The van der Waals surface area contributed by atoms with Crippen molar-refractivity contribution in [1.82, 2.24) is 9.97 Å². The van der Waals surface area contributed by atoms with Gasteiger partial charge in [-0.1, -0.05) is 48.5 Å². The molecule has 1 aromatic heterocycles. The number of rotatable bonds is 11. The minimum Gasteiger partial charge on any atom is -0.493 e. The number of amides is 1. The second-order valence-electron chi connectivity index (χ2n) is 8.25. The van der Waals surface area contributed by atoms with E-state index in [4.69, 9.17) is 9.47 Å². The third-order valence-corrected chi connectivity index (χ3v) is 5.73. The lowest BCUT2D eigenvalue weighted by atomic mass is 10.1. The molecule has 7 nitrogen and oxygen atoms in total. The number of hydrogen-bond acceptors (Lipinski definition) is 6. The number of aromatic nitrogens is 2. The standard InChI is InChI=1S/C29H30N4O3/c1-35-26-13-11-22(19-27(26)36-2)15-17-30-29-31-18-16-25(33-29)23-9-6-10-24(20-23)32-28(34)14-12-21-7-4-3-5-8-21/h3-11,13,16,18-20H,12,14-15,17H2,1-2H3,(H,32,34)(H,30,31,33). The lowest BCUT2D eigenvalue weighted by Crippen LogP contribution is -2.12. The molecule has 0 aliphatic rings. The van der Waals surface area contributed by atoms with Crippen LogP contribution in [0.2, 0.25) is 0 Å². The van der Waals surface area contributed by atoms with Crippen LogP contribution in [-0.2, 0) is 17.6 Å². The SMILES string of the molecule is COc1ccc(CCNc2nccc(-c3cccc(NC(=O)CCc4ccccc4)c3)n2)cc1OC. The highest BCUT2D eigenvalue weighted by Crippen LogP contribution is 2.27. The third-order valence-electron chi connectivity index (χ3n) is 5.73. The third kappa shape index (κ3) is 6.82. The van der Waals surface area contributed by atoms with Crippen molar-refractivity contribution in [2.75, 3.05) is 31.4 Å². The number of benzene rings is 3. The van der Waals surface area contributed by atoms with Gasteiger partial charge in [-0.2, -0.15) is 0 Å². The molecule has 0 saturated carbocycles. The maximum absolute atomic E-state index is 12.4. The van der Waals surface area contributed by atoms with Crippen LogP contribution >= 0.6 is 0 Å². The first-order chi connectivity index (χ1) is 17.6. The molecule has 0 fully saturated rings. The molecule has 0 unspecified atom stereocenters. The molecule has 0 bridgehead atoms. The maximum Gasteiger partial charge on any atom is 0.224 e. The molecule has 0 spiro atoms. The highest BCUT2D eigenvalue weighted by molar-refractivity contribution is 5.91. The van der Waals surface area contributed by atoms with Crippen molar-refractivity contribution in [2.45, 2.75) is 19.3 Å². The van der Waals surface area contributed by atoms with Crippen molar-refractivity contribution in [3.63, 3.8) is 0 Å². The summed E-state index contributed by atoms with van der Waals surface area (Å²) in [5.41, 5.74) is 4.69. The zero-order chi connectivity index (χ0) is 25.2. The molecule has 1 heterocycles. The first-order valence-electron chi connectivity index (χ1n) is 11.9. The molecule has 1 amide bonds. The summed E-state index contributed by atoms with van der Waals surface area (Å²) in [7, 11) is 3.25. The minimum atomic E-state index is -0.0174. The summed E-state index contributed by atoms with van der Waals surface area (Å²) in [6.07, 6.45) is 3.64. The summed E-state index contributed by atoms with van der Waals surface area (Å²) in [6.45, 7) is 0.663. The number of aryl methyl sites for hydroxylation is 1. The summed E-state index contributed by atoms with van der Waals surface area (Å²) >= 11 is 0. The Morgan fingerprint density at radius 2 is 1.67 bits per heavy atom. The van der Waals surface area contributed by atoms with Gasteiger partial charge in [0.2, 0.25) is 11.9 Å². The molecule has 0 aliphatic carbocycles. The minimum absolute atomic E-state index is 0.0174. The van der Waals surface area contributed by atoms with Gasteiger partial charge in [-0.15, -0.1) is 0 Å². The number of carbonyl (C=O) groups is 1. The molecule has 0 aliphatic heterocycles. The van der Waals surface area contributed by atoms with Crippen LogP contribution in [0.4, 0.5) is 11.6 Å². The van der Waals surface area contributed by atoms with E-state index in [1.54, 1.807) is 20.4 Å². The number of carbonyl (C=O) groups excluding carboxylic acids is 1. The molecule has 3 aromatic carbocycles. The van der Waals surface area contributed by atoms with Gasteiger partial charge in [0.1, 0.15) is 0 Å². The molecule has 184 valence electrons. The molecule has 4 aromatic rings. The van der Waals surface area contributed by atoms with Crippen LogP contribution in [-0.4, -0.2) is 36.6 Å². The van der Waals surface area contributed by atoms with E-state index in [9.17, 15) is 4.79 Å². The molecule has 0 atom stereocenters. The van der Waals surface area contributed by atoms with Gasteiger partial charge in [0.15, 0.2) is 11.5 Å². The molecule has 36 heavy (non-hydrogen) atoms. The zero-order valence-corrected chi connectivity index (χ0v) is 20.5. The van der Waals surface area contributed by atoms with Crippen molar-refractivity contribution in [2.24, 2.45) is 0 Å². The van der Waals surface area contributed by atoms with Crippen molar-refractivity contribution in [1.29, 1.82) is 0 Å². The number of anilines is 2. The number of hydrogen-bond donors (Lipinski definition) is 2. The maximum atomic E-state index is 12.4. The van der Waals surface area contributed by atoms with Gasteiger partial charge in [0.05, 0.1) is 19.9 Å². The number of ether oxygens (including phenoxy) is 2. The average Bonchev–Trinajstić information content (AvgIpc) is 2.92. The average molecular weight is 483 g/mol. The van der Waals surface area contributed by atoms with Gasteiger partial charge in [-0.05, 0) is 54.3 Å². The van der Waals surface area contributed by atoms with Crippen molar-refractivity contribution in [3.8, 4) is 22.8 Å². The normalized spacial score (nSPS) is 10.5. The van der Waals surface area contributed by atoms with Crippen molar-refractivity contribution >= 4 is 17.5 Å². The topological polar surface area (TPSA) is 85.4 Å². The van der Waals surface area contributed by atoms with Gasteiger partial charge >= 0.3 is 0 Å². The Labute approximate surface area is 211 Å². The number of methoxy groups -OCH3 is 2. The van der Waals surface area contributed by atoms with Gasteiger partial charge in [-0.3, -0.25) is 4.79 Å². The second-order valence-corrected chi connectivity index (χ2v) is 8.25. The summed E-state index contributed by atoms with van der Waals surface area (Å²) in [6, 6.07) is 25.4. The van der Waals surface area contributed by atoms with E-state index in [2.05, 4.69) is 20.6 Å². The monoisotopic (exact) mass is 482 g/mol. The van der Waals surface area contributed by atoms with E-state index in [0.717, 1.165) is 34.5 Å². The van der Waals surface area contributed by atoms with Crippen LogP contribution in [0.5, 0.6) is 11.5 Å². The summed E-state index contributed by atoms with van der Waals surface area (Å²) in [5.74, 6) is 1.95. The Morgan fingerprint density at radius 3 is 2.47 bits per heavy atom. The summed E-state index contributed by atoms with van der Waals surface area (Å²) in [5, 5.41) is 6.27. The highest BCUT2D eigenvalue weighted by atomic mass is 16.5. The van der Waals surface area contributed by atoms with E-state index in [0.29, 0.717) is 36.8 Å². The Hall–Kier alpha value is -4.39. The Bertz CT molecular complexity index is 1290. The molecule has 0 radical (unpaired) electrons. The predicted octanol–water partition coefficient (Wildman–Crippen LogP) is 5.39. The lowest BCUT2D eigenvalue weighted by Gasteiger charge is -2.11. The number of nitrogens with zero attached hydrogens (tertiary/aromatic N) is 2. The molecular formula is C29H30N4O3. The number of nitrogens with one attached hydrogen (secondary N) is 2. The van der Waals surface area contributed by atoms with Crippen LogP contribution < -0.4 is 20.1 Å². The molecule has 2 N–H and O–H groups in total. The van der Waals surface area contributed by atoms with E-state index in [1.807, 2.05) is 78.9 Å². The van der Waals surface area contributed by atoms with Crippen LogP contribution in [0.3, 0.4) is 0 Å². The van der Waals surface area contributed by atoms with Crippen molar-refractivity contribution < 1.29 is 14.3 Å². The van der Waals surface area contributed by atoms with E-state index in [-0.39, 0.29) is 5.91 Å². The first kappa shape index (κ1) is 24.7. The largest absolute Gasteiger partial charge is 0.493 e. The van der Waals surface area contributed by atoms with Crippen molar-refractivity contribution in [3.05, 3.63) is 96.2 Å². The van der Waals surface area contributed by atoms with E-state index < -0.39 is 0 Å². The quantitative estimate of drug-likeness (QED) is 0.298. The van der Waals surface area contributed by atoms with Gasteiger partial charge in [0, 0.05) is 30.4 Å². The molecule has 7 heteroatoms. The van der Waals surface area contributed by atoms with Gasteiger partial charge < -0.3 is 20.1 Å². The second kappa shape index (κ2) is 12.4. The first-order valence-corrected chi connectivity index (χ1v) is 11.9. The summed E-state index contributed by atoms with van der Waals surface area (Å²) in [4.78, 5) is 21.4. The predicted molar refractivity (Wildman–Crippen MR) is 143 cm³/mol. The van der Waals surface area contributed by atoms with Crippen LogP contribution in [0.25, 0.3) is 11.3 Å². The fraction of sp³-hybridized carbons (Fsp3) is 0.207. The van der Waals surface area contributed by atoms with Crippen LogP contribution in [0.15, 0.2) is 85.1 Å². The molecule has 0 saturated heterocycles. The Kier molecular flexibility index (Phi) is 8.48. The fourth-order valence-electron chi connectivity index (χ4n) is 3.84. The highest BCUT2D eigenvalue weighted by Gasteiger charge is 2.08. The molecular weight excluding hydrogens is 452 g/mol. The fourth-order valence-corrected chi connectivity index (χ4v) is 3.84. The Morgan fingerprint density at radius 1 is 0.833 bits per heavy atom. The van der Waals surface area contributed by atoms with Crippen LogP contribution in [0, 0.1) is 0 Å². The zero-order valence-electron chi connectivity index (χ0n) is 20.5. The lowest BCUT2D eigenvalue weighted by molar-refractivity contribution is -0.116. The van der Waals surface area contributed by atoms with E-state index >= 15 is 0 Å². The van der Waals surface area contributed by atoms with E-state index in [1.165, 1.54) is 0 Å².